The van der Waals surface area contributed by atoms with Crippen molar-refractivity contribution in [1.29, 1.82) is 0 Å². The van der Waals surface area contributed by atoms with Gasteiger partial charge in [0.1, 0.15) is 5.60 Å². The first-order valence-corrected chi connectivity index (χ1v) is 13.8. The summed E-state index contributed by atoms with van der Waals surface area (Å²) in [6, 6.07) is 0. The van der Waals surface area contributed by atoms with E-state index < -0.39 is 0 Å². The van der Waals surface area contributed by atoms with E-state index in [1.165, 1.54) is 11.1 Å². The Morgan fingerprint density at radius 3 is 2.56 bits per heavy atom. The minimum Gasteiger partial charge on any atom is -0.498 e. The lowest BCUT2D eigenvalue weighted by atomic mass is 9.48. The molecule has 0 aromatic heterocycles. The maximum atomic E-state index is 12.4. The predicted molar refractivity (Wildman–Crippen MR) is 135 cm³/mol. The number of carbonyl (C=O) groups is 2. The Bertz CT molecular complexity index is 926. The van der Waals surface area contributed by atoms with Crippen LogP contribution in [-0.4, -0.2) is 24.0 Å². The van der Waals surface area contributed by atoms with Crippen molar-refractivity contribution in [1.82, 2.24) is 0 Å². The average Bonchev–Trinajstić information content (AvgIpc) is 3.35. The van der Waals surface area contributed by atoms with Crippen LogP contribution in [0.1, 0.15) is 99.3 Å². The number of rotatable bonds is 4. The van der Waals surface area contributed by atoms with Gasteiger partial charge in [-0.15, -0.1) is 0 Å². The minimum absolute atomic E-state index is 0.0225. The molecule has 0 aromatic rings. The first-order chi connectivity index (χ1) is 16.3. The Labute approximate surface area is 206 Å². The second kappa shape index (κ2) is 9.32. The largest absolute Gasteiger partial charge is 0.498 e. The van der Waals surface area contributed by atoms with Gasteiger partial charge in [-0.3, -0.25) is 9.59 Å². The van der Waals surface area contributed by atoms with Crippen LogP contribution in [0.4, 0.5) is 0 Å². The van der Waals surface area contributed by atoms with E-state index in [2.05, 4.69) is 39.8 Å². The van der Waals surface area contributed by atoms with Crippen molar-refractivity contribution < 1.29 is 19.1 Å². The molecule has 5 aliphatic rings. The van der Waals surface area contributed by atoms with Gasteiger partial charge in [-0.25, -0.2) is 0 Å². The zero-order chi connectivity index (χ0) is 24.7. The highest BCUT2D eigenvalue weighted by Gasteiger charge is 2.66. The van der Waals surface area contributed by atoms with Gasteiger partial charge in [0.2, 0.25) is 0 Å². The Hall–Kier alpha value is -1.84. The summed E-state index contributed by atoms with van der Waals surface area (Å²) in [5, 5.41) is 0. The fourth-order valence-corrected chi connectivity index (χ4v) is 8.11. The van der Waals surface area contributed by atoms with Gasteiger partial charge in [-0.1, -0.05) is 51.8 Å². The lowest BCUT2D eigenvalue weighted by molar-refractivity contribution is -0.160. The number of allylic oxidation sites excluding steroid dienone is 6. The van der Waals surface area contributed by atoms with Crippen molar-refractivity contribution in [3.8, 4) is 0 Å². The number of ketones is 1. The lowest BCUT2D eigenvalue weighted by Gasteiger charge is -2.57. The van der Waals surface area contributed by atoms with Crippen molar-refractivity contribution in [2.24, 2.45) is 28.6 Å². The SMILES string of the molecule is CC.CC/C=C(\OCC)[C@@H]1CC2=CC(=O)CCC2(C)C2=CCC3(C)C(CC[C@@]34CCC(=O)O4)C21. The van der Waals surface area contributed by atoms with E-state index in [-0.39, 0.29) is 34.1 Å². The van der Waals surface area contributed by atoms with Crippen LogP contribution in [0.3, 0.4) is 0 Å². The third-order valence-electron chi connectivity index (χ3n) is 9.81. The third-order valence-corrected chi connectivity index (χ3v) is 9.81. The van der Waals surface area contributed by atoms with Crippen molar-refractivity contribution in [3.05, 3.63) is 35.1 Å². The number of ether oxygens (including phenoxy) is 2. The molecule has 2 saturated carbocycles. The summed E-state index contributed by atoms with van der Waals surface area (Å²) in [6.45, 7) is 13.6. The van der Waals surface area contributed by atoms with E-state index in [0.717, 1.165) is 50.7 Å². The van der Waals surface area contributed by atoms with E-state index >= 15 is 0 Å². The molecule has 0 amide bonds. The van der Waals surface area contributed by atoms with Gasteiger partial charge >= 0.3 is 5.97 Å². The summed E-state index contributed by atoms with van der Waals surface area (Å²) >= 11 is 0. The molecule has 4 heteroatoms. The maximum absolute atomic E-state index is 12.4. The Balaban J connectivity index is 0.00000133. The summed E-state index contributed by atoms with van der Waals surface area (Å²) in [5.41, 5.74) is 2.46. The highest BCUT2D eigenvalue weighted by molar-refractivity contribution is 5.92. The number of esters is 1. The summed E-state index contributed by atoms with van der Waals surface area (Å²) in [7, 11) is 0. The molecule has 1 saturated heterocycles. The molecule has 5 rings (SSSR count). The smallest absolute Gasteiger partial charge is 0.306 e. The fourth-order valence-electron chi connectivity index (χ4n) is 8.11. The molecule has 1 heterocycles. The molecular formula is C30H44O4. The normalized spacial score (nSPS) is 40.9. The molecule has 0 radical (unpaired) electrons. The summed E-state index contributed by atoms with van der Waals surface area (Å²) in [4.78, 5) is 24.6. The predicted octanol–water partition coefficient (Wildman–Crippen LogP) is 7.10. The van der Waals surface area contributed by atoms with Crippen LogP contribution in [0.2, 0.25) is 0 Å². The monoisotopic (exact) mass is 468 g/mol. The number of hydrogen-bond donors (Lipinski definition) is 0. The van der Waals surface area contributed by atoms with Crippen LogP contribution in [-0.2, 0) is 19.1 Å². The number of hydrogen-bond acceptors (Lipinski definition) is 4. The zero-order valence-corrected chi connectivity index (χ0v) is 22.2. The lowest BCUT2D eigenvalue weighted by Crippen LogP contribution is -2.53. The second-order valence-electron chi connectivity index (χ2n) is 11.1. The molecule has 4 aliphatic carbocycles. The van der Waals surface area contributed by atoms with Crippen LogP contribution in [0.25, 0.3) is 0 Å². The first-order valence-electron chi connectivity index (χ1n) is 13.8. The molecule has 1 aliphatic heterocycles. The van der Waals surface area contributed by atoms with Crippen LogP contribution >= 0.6 is 0 Å². The van der Waals surface area contributed by atoms with Gasteiger partial charge in [0.25, 0.3) is 0 Å². The zero-order valence-electron chi connectivity index (χ0n) is 22.2. The van der Waals surface area contributed by atoms with Gasteiger partial charge in [0.15, 0.2) is 5.78 Å². The summed E-state index contributed by atoms with van der Waals surface area (Å²) in [6.07, 6.45) is 14.5. The maximum Gasteiger partial charge on any atom is 0.306 e. The van der Waals surface area contributed by atoms with Gasteiger partial charge in [-0.2, -0.15) is 0 Å². The molecule has 1 spiro atoms. The Morgan fingerprint density at radius 2 is 1.91 bits per heavy atom. The fraction of sp³-hybridized carbons (Fsp3) is 0.733. The first kappa shape index (κ1) is 25.3. The van der Waals surface area contributed by atoms with Gasteiger partial charge in [0, 0.05) is 29.6 Å². The molecule has 0 N–H and O–H groups in total. The quantitative estimate of drug-likeness (QED) is 0.251. The van der Waals surface area contributed by atoms with Crippen molar-refractivity contribution in [3.63, 3.8) is 0 Å². The molecule has 4 nitrogen and oxygen atoms in total. The number of carbonyl (C=O) groups excluding carboxylic acids is 2. The summed E-state index contributed by atoms with van der Waals surface area (Å²) < 4.78 is 12.4. The van der Waals surface area contributed by atoms with Crippen molar-refractivity contribution in [2.45, 2.75) is 105 Å². The van der Waals surface area contributed by atoms with Gasteiger partial charge in [-0.05, 0) is 75.9 Å². The van der Waals surface area contributed by atoms with E-state index in [1.807, 2.05) is 19.9 Å². The van der Waals surface area contributed by atoms with E-state index in [4.69, 9.17) is 9.47 Å². The van der Waals surface area contributed by atoms with Crippen LogP contribution in [0.5, 0.6) is 0 Å². The molecule has 4 unspecified atom stereocenters. The molecule has 0 bridgehead atoms. The topological polar surface area (TPSA) is 52.6 Å². The van der Waals surface area contributed by atoms with E-state index in [9.17, 15) is 9.59 Å². The average molecular weight is 469 g/mol. The Kier molecular flexibility index (Phi) is 6.92. The highest BCUT2D eigenvalue weighted by atomic mass is 16.6. The van der Waals surface area contributed by atoms with Crippen LogP contribution < -0.4 is 0 Å². The van der Waals surface area contributed by atoms with Crippen LogP contribution in [0.15, 0.2) is 35.1 Å². The van der Waals surface area contributed by atoms with Gasteiger partial charge in [0.05, 0.1) is 12.4 Å². The molecule has 0 aromatic carbocycles. The third kappa shape index (κ3) is 3.62. The Morgan fingerprint density at radius 1 is 1.15 bits per heavy atom. The van der Waals surface area contributed by atoms with E-state index in [0.29, 0.717) is 31.3 Å². The minimum atomic E-state index is -0.304. The molecule has 188 valence electrons. The molecule has 34 heavy (non-hydrogen) atoms. The molecule has 3 fully saturated rings. The van der Waals surface area contributed by atoms with Crippen molar-refractivity contribution in [2.75, 3.05) is 6.61 Å². The van der Waals surface area contributed by atoms with Crippen molar-refractivity contribution >= 4 is 11.8 Å². The van der Waals surface area contributed by atoms with Crippen LogP contribution in [0, 0.1) is 28.6 Å². The van der Waals surface area contributed by atoms with E-state index in [1.54, 1.807) is 0 Å². The molecular weight excluding hydrogens is 424 g/mol. The molecule has 6 atom stereocenters. The van der Waals surface area contributed by atoms with Gasteiger partial charge < -0.3 is 9.47 Å². The standard InChI is InChI=1S/C28H38O4.C2H6/c1-5-7-23(31-6-2)20-17-18-16-19(29)8-12-26(18,3)21-9-13-27(4)22(25(20)21)10-14-28(27)15-11-24(30)32-28;1-2/h7,9,16,20,22,25H,5-6,8,10-15,17H2,1-4H3;1-2H3/b23-7-;/t20-,22?,25?,26?,27?,28+;/m0./s1. The number of fused-ring (bicyclic) bond motifs is 6. The highest BCUT2D eigenvalue weighted by Crippen LogP contribution is 2.69. The summed E-state index contributed by atoms with van der Waals surface area (Å²) in [5.74, 6) is 2.45. The second-order valence-corrected chi connectivity index (χ2v) is 11.1.